The number of esters is 1. The van der Waals surface area contributed by atoms with E-state index in [4.69, 9.17) is 4.74 Å². The average molecular weight is 364 g/mol. The van der Waals surface area contributed by atoms with Crippen molar-refractivity contribution in [2.75, 3.05) is 12.4 Å². The fourth-order valence-electron chi connectivity index (χ4n) is 1.40. The van der Waals surface area contributed by atoms with Crippen LogP contribution in [0.4, 0.5) is 0 Å². The zero-order valence-corrected chi connectivity index (χ0v) is 12.5. The Bertz CT molecular complexity index is 430. The van der Waals surface area contributed by atoms with E-state index in [2.05, 4.69) is 31.9 Å². The Hall–Kier alpha value is -0.680. The monoisotopic (exact) mass is 362 g/mol. The van der Waals surface area contributed by atoms with Gasteiger partial charge in [0.15, 0.2) is 5.78 Å². The van der Waals surface area contributed by atoms with Gasteiger partial charge in [0.05, 0.1) is 12.7 Å². The third kappa shape index (κ3) is 3.64. The van der Waals surface area contributed by atoms with E-state index in [1.54, 1.807) is 18.2 Å². The Labute approximate surface area is 117 Å². The number of carbonyl (C=O) groups is 2. The summed E-state index contributed by atoms with van der Waals surface area (Å²) >= 11 is 6.51. The summed E-state index contributed by atoms with van der Waals surface area (Å²) in [6, 6.07) is 5.09. The maximum Gasteiger partial charge on any atom is 0.338 e. The highest BCUT2D eigenvalue weighted by Gasteiger charge is 2.14. The Morgan fingerprint density at radius 1 is 1.29 bits per heavy atom. The number of halogens is 2. The molecule has 0 bridgehead atoms. The molecular formula is C12H12Br2O3. The van der Waals surface area contributed by atoms with Crippen LogP contribution in [0.15, 0.2) is 18.2 Å². The van der Waals surface area contributed by atoms with Crippen LogP contribution in [0.5, 0.6) is 0 Å². The molecule has 0 aromatic heterocycles. The van der Waals surface area contributed by atoms with Crippen molar-refractivity contribution >= 4 is 43.6 Å². The number of benzene rings is 1. The van der Waals surface area contributed by atoms with Crippen LogP contribution in [0.3, 0.4) is 0 Å². The summed E-state index contributed by atoms with van der Waals surface area (Å²) in [5.41, 5.74) is 1.78. The fourth-order valence-corrected chi connectivity index (χ4v) is 2.25. The van der Waals surface area contributed by atoms with Crippen LogP contribution >= 0.6 is 31.9 Å². The predicted octanol–water partition coefficient (Wildman–Crippen LogP) is 3.34. The minimum absolute atomic E-state index is 0.00755. The van der Waals surface area contributed by atoms with Crippen LogP contribution in [-0.4, -0.2) is 24.2 Å². The molecule has 0 atom stereocenters. The van der Waals surface area contributed by atoms with Gasteiger partial charge in [0.25, 0.3) is 0 Å². The summed E-state index contributed by atoms with van der Waals surface area (Å²) in [4.78, 5) is 23.3. The van der Waals surface area contributed by atoms with Gasteiger partial charge in [-0.15, -0.1) is 0 Å². The minimum atomic E-state index is -0.423. The summed E-state index contributed by atoms with van der Waals surface area (Å²) < 4.78 is 4.69. The SMILES string of the molecule is COC(=O)c1cc(C(=O)CCBr)ccc1CBr. The molecule has 0 aliphatic rings. The third-order valence-electron chi connectivity index (χ3n) is 2.30. The number of Topliss-reactive ketones (excluding diaryl/α,β-unsaturated/α-hetero) is 1. The van der Waals surface area contributed by atoms with E-state index in [1.807, 2.05) is 0 Å². The average Bonchev–Trinajstić information content (AvgIpc) is 2.37. The maximum absolute atomic E-state index is 11.7. The fraction of sp³-hybridized carbons (Fsp3) is 0.333. The second-order valence-corrected chi connectivity index (χ2v) is 4.71. The molecule has 1 aromatic carbocycles. The Morgan fingerprint density at radius 2 is 2.00 bits per heavy atom. The molecule has 0 radical (unpaired) electrons. The largest absolute Gasteiger partial charge is 0.465 e. The smallest absolute Gasteiger partial charge is 0.338 e. The quantitative estimate of drug-likeness (QED) is 0.457. The molecule has 0 saturated carbocycles. The second-order valence-electron chi connectivity index (χ2n) is 3.36. The molecule has 0 amide bonds. The zero-order chi connectivity index (χ0) is 12.8. The van der Waals surface area contributed by atoms with Gasteiger partial charge in [-0.25, -0.2) is 4.79 Å². The molecule has 1 aromatic rings. The van der Waals surface area contributed by atoms with Crippen LogP contribution in [0.2, 0.25) is 0 Å². The lowest BCUT2D eigenvalue weighted by Crippen LogP contribution is -2.08. The molecule has 5 heteroatoms. The molecule has 0 unspecified atom stereocenters. The first-order chi connectivity index (χ1) is 8.13. The van der Waals surface area contributed by atoms with Gasteiger partial charge < -0.3 is 4.74 Å². The van der Waals surface area contributed by atoms with Gasteiger partial charge in [-0.1, -0.05) is 44.0 Å². The second kappa shape index (κ2) is 6.91. The van der Waals surface area contributed by atoms with Crippen LogP contribution in [-0.2, 0) is 10.1 Å². The van der Waals surface area contributed by atoms with Crippen molar-refractivity contribution in [3.05, 3.63) is 34.9 Å². The van der Waals surface area contributed by atoms with E-state index in [9.17, 15) is 9.59 Å². The molecular weight excluding hydrogens is 352 g/mol. The van der Waals surface area contributed by atoms with Gasteiger partial charge >= 0.3 is 5.97 Å². The van der Waals surface area contributed by atoms with Gasteiger partial charge in [-0.3, -0.25) is 4.79 Å². The molecule has 92 valence electrons. The first-order valence-corrected chi connectivity index (χ1v) is 7.24. The van der Waals surface area contributed by atoms with Crippen LogP contribution < -0.4 is 0 Å². The molecule has 0 fully saturated rings. The van der Waals surface area contributed by atoms with Gasteiger partial charge in [-0.05, 0) is 11.6 Å². The standard InChI is InChI=1S/C12H12Br2O3/c1-17-12(16)10-6-8(11(15)4-5-13)2-3-9(10)7-14/h2-3,6H,4-5,7H2,1H3. The van der Waals surface area contributed by atoms with Gasteiger partial charge in [0.1, 0.15) is 0 Å². The van der Waals surface area contributed by atoms with Crippen LogP contribution in [0.25, 0.3) is 0 Å². The normalized spacial score (nSPS) is 10.1. The molecule has 3 nitrogen and oxygen atoms in total. The van der Waals surface area contributed by atoms with Crippen molar-refractivity contribution in [3.63, 3.8) is 0 Å². The molecule has 0 heterocycles. The summed E-state index contributed by atoms with van der Waals surface area (Å²) in [7, 11) is 1.33. The molecule has 0 N–H and O–H groups in total. The first kappa shape index (κ1) is 14.4. The number of hydrogen-bond acceptors (Lipinski definition) is 3. The lowest BCUT2D eigenvalue weighted by molar-refractivity contribution is 0.0600. The highest BCUT2D eigenvalue weighted by molar-refractivity contribution is 9.09. The number of carbonyl (C=O) groups excluding carboxylic acids is 2. The van der Waals surface area contributed by atoms with E-state index in [0.29, 0.717) is 28.2 Å². The first-order valence-electron chi connectivity index (χ1n) is 5.00. The number of methoxy groups -OCH3 is 1. The number of rotatable bonds is 5. The molecule has 17 heavy (non-hydrogen) atoms. The Kier molecular flexibility index (Phi) is 5.85. The van der Waals surface area contributed by atoms with Gasteiger partial charge in [0.2, 0.25) is 0 Å². The molecule has 1 rings (SSSR count). The molecule has 0 spiro atoms. The predicted molar refractivity (Wildman–Crippen MR) is 73.2 cm³/mol. The van der Waals surface area contributed by atoms with E-state index in [-0.39, 0.29) is 5.78 Å². The van der Waals surface area contributed by atoms with Gasteiger partial charge in [-0.2, -0.15) is 0 Å². The highest BCUT2D eigenvalue weighted by atomic mass is 79.9. The molecule has 0 aliphatic heterocycles. The highest BCUT2D eigenvalue weighted by Crippen LogP contribution is 2.17. The van der Waals surface area contributed by atoms with Crippen molar-refractivity contribution in [2.24, 2.45) is 0 Å². The van der Waals surface area contributed by atoms with E-state index in [1.165, 1.54) is 7.11 Å². The number of ether oxygens (including phenoxy) is 1. The lowest BCUT2D eigenvalue weighted by Gasteiger charge is -2.07. The maximum atomic E-state index is 11.7. The van der Waals surface area contributed by atoms with E-state index in [0.717, 1.165) is 5.56 Å². The topological polar surface area (TPSA) is 43.4 Å². The summed E-state index contributed by atoms with van der Waals surface area (Å²) in [5, 5.41) is 1.16. The van der Waals surface area contributed by atoms with Crippen LogP contribution in [0.1, 0.15) is 32.7 Å². The van der Waals surface area contributed by atoms with Crippen molar-refractivity contribution in [1.29, 1.82) is 0 Å². The summed E-state index contributed by atoms with van der Waals surface area (Å²) in [6.07, 6.45) is 0.411. The van der Waals surface area contributed by atoms with E-state index >= 15 is 0 Å². The van der Waals surface area contributed by atoms with Crippen molar-refractivity contribution < 1.29 is 14.3 Å². The number of ketones is 1. The number of alkyl halides is 2. The zero-order valence-electron chi connectivity index (χ0n) is 9.33. The number of hydrogen-bond donors (Lipinski definition) is 0. The molecule has 0 aliphatic carbocycles. The molecule has 0 saturated heterocycles. The van der Waals surface area contributed by atoms with E-state index < -0.39 is 5.97 Å². The Balaban J connectivity index is 3.13. The lowest BCUT2D eigenvalue weighted by atomic mass is 10.0. The third-order valence-corrected chi connectivity index (χ3v) is 3.30. The van der Waals surface area contributed by atoms with Gasteiger partial charge in [0, 0.05) is 22.6 Å². The van der Waals surface area contributed by atoms with Crippen molar-refractivity contribution in [2.45, 2.75) is 11.8 Å². The van der Waals surface area contributed by atoms with Crippen molar-refractivity contribution in [1.82, 2.24) is 0 Å². The van der Waals surface area contributed by atoms with Crippen LogP contribution in [0, 0.1) is 0 Å². The Morgan fingerprint density at radius 3 is 2.53 bits per heavy atom. The van der Waals surface area contributed by atoms with Crippen molar-refractivity contribution in [3.8, 4) is 0 Å². The summed E-state index contributed by atoms with van der Waals surface area (Å²) in [5.74, 6) is -0.416. The summed E-state index contributed by atoms with van der Waals surface area (Å²) in [6.45, 7) is 0. The minimum Gasteiger partial charge on any atom is -0.465 e.